The molecule has 0 spiro atoms. The van der Waals surface area contributed by atoms with Crippen LogP contribution in [0.15, 0.2) is 41.4 Å². The molecule has 0 bridgehead atoms. The molecule has 2 rings (SSSR count). The zero-order valence-electron chi connectivity index (χ0n) is 12.6. The second-order valence-electron chi connectivity index (χ2n) is 4.73. The number of nitrogens with zero attached hydrogens (tertiary/aromatic N) is 1. The number of hydrogen-bond acceptors (Lipinski definition) is 3. The Kier molecular flexibility index (Phi) is 5.69. The van der Waals surface area contributed by atoms with Gasteiger partial charge in [-0.05, 0) is 48.4 Å². The van der Waals surface area contributed by atoms with Gasteiger partial charge >= 0.3 is 0 Å². The lowest BCUT2D eigenvalue weighted by Crippen LogP contribution is -1.94. The summed E-state index contributed by atoms with van der Waals surface area (Å²) in [7, 11) is 3.21. The summed E-state index contributed by atoms with van der Waals surface area (Å²) in [6, 6.07) is 11.0. The zero-order chi connectivity index (χ0) is 16.1. The van der Waals surface area contributed by atoms with Crippen molar-refractivity contribution in [2.75, 3.05) is 14.2 Å². The summed E-state index contributed by atoms with van der Waals surface area (Å²) < 4.78 is 10.5. The fourth-order valence-corrected chi connectivity index (χ4v) is 2.62. The Morgan fingerprint density at radius 1 is 1.00 bits per heavy atom. The molecule has 0 amide bonds. The number of ether oxygens (including phenoxy) is 2. The number of methoxy groups -OCH3 is 2. The molecule has 0 saturated heterocycles. The molecule has 0 aliphatic heterocycles. The minimum absolute atomic E-state index is 0.0714. The zero-order valence-corrected chi connectivity index (χ0v) is 14.2. The van der Waals surface area contributed by atoms with Crippen LogP contribution in [0.3, 0.4) is 0 Å². The van der Waals surface area contributed by atoms with E-state index in [1.54, 1.807) is 26.5 Å². The van der Waals surface area contributed by atoms with Crippen molar-refractivity contribution in [3.63, 3.8) is 0 Å². The molecule has 0 aromatic heterocycles. The summed E-state index contributed by atoms with van der Waals surface area (Å²) in [5.74, 6) is 1.36. The van der Waals surface area contributed by atoms with E-state index in [1.165, 1.54) is 0 Å². The molecule has 1 unspecified atom stereocenters. The smallest absolute Gasteiger partial charge is 0.161 e. The predicted molar refractivity (Wildman–Crippen MR) is 92.0 cm³/mol. The molecule has 2 aromatic rings. The average Bonchev–Trinajstić information content (AvgIpc) is 2.52. The number of benzene rings is 2. The van der Waals surface area contributed by atoms with E-state index in [0.29, 0.717) is 21.5 Å². The van der Waals surface area contributed by atoms with Gasteiger partial charge in [0, 0.05) is 16.3 Å². The highest BCUT2D eigenvalue weighted by Crippen LogP contribution is 2.29. The van der Waals surface area contributed by atoms with E-state index in [4.69, 9.17) is 32.7 Å². The molecular formula is C17H17Cl2NO2. The van der Waals surface area contributed by atoms with Crippen LogP contribution >= 0.6 is 23.2 Å². The van der Waals surface area contributed by atoms with Gasteiger partial charge in [-0.25, -0.2) is 0 Å². The van der Waals surface area contributed by atoms with Crippen LogP contribution in [0.2, 0.25) is 10.0 Å². The third kappa shape index (κ3) is 3.93. The first kappa shape index (κ1) is 16.7. The largest absolute Gasteiger partial charge is 0.493 e. The number of hydrogen-bond donors (Lipinski definition) is 0. The second kappa shape index (κ2) is 7.52. The van der Waals surface area contributed by atoms with E-state index in [-0.39, 0.29) is 6.04 Å². The summed E-state index contributed by atoms with van der Waals surface area (Å²) in [5.41, 5.74) is 1.86. The fourth-order valence-electron chi connectivity index (χ4n) is 2.05. The molecule has 0 fully saturated rings. The van der Waals surface area contributed by atoms with E-state index in [1.807, 2.05) is 37.3 Å². The number of rotatable bonds is 5. The molecule has 1 atom stereocenters. The number of aliphatic imine (C=N–C) groups is 1. The monoisotopic (exact) mass is 337 g/mol. The standard InChI is InChI=1S/C17H17Cl2NO2/c1-11(14-6-5-13(18)9-15(14)19)20-10-12-4-7-16(21-2)17(8-12)22-3/h4-11H,1-3H3/b20-10-. The van der Waals surface area contributed by atoms with Crippen molar-refractivity contribution in [1.82, 2.24) is 0 Å². The summed E-state index contributed by atoms with van der Waals surface area (Å²) in [4.78, 5) is 4.54. The molecule has 0 aliphatic carbocycles. The minimum atomic E-state index is -0.0714. The topological polar surface area (TPSA) is 30.8 Å². The molecule has 3 nitrogen and oxygen atoms in total. The van der Waals surface area contributed by atoms with Gasteiger partial charge in [0.05, 0.1) is 20.3 Å². The van der Waals surface area contributed by atoms with Gasteiger partial charge in [0.2, 0.25) is 0 Å². The first-order chi connectivity index (χ1) is 10.5. The SMILES string of the molecule is COc1ccc(/C=N\C(C)c2ccc(Cl)cc2Cl)cc1OC. The lowest BCUT2D eigenvalue weighted by molar-refractivity contribution is 0.355. The van der Waals surface area contributed by atoms with Gasteiger partial charge in [0.15, 0.2) is 11.5 Å². The Morgan fingerprint density at radius 2 is 1.73 bits per heavy atom. The summed E-state index contributed by atoms with van der Waals surface area (Å²) in [6.45, 7) is 1.98. The first-order valence-corrected chi connectivity index (χ1v) is 7.51. The van der Waals surface area contributed by atoms with E-state index in [2.05, 4.69) is 4.99 Å². The maximum atomic E-state index is 6.20. The van der Waals surface area contributed by atoms with Crippen molar-refractivity contribution in [3.05, 3.63) is 57.6 Å². The Morgan fingerprint density at radius 3 is 2.36 bits per heavy atom. The summed E-state index contributed by atoms with van der Waals surface area (Å²) in [5, 5.41) is 1.23. The summed E-state index contributed by atoms with van der Waals surface area (Å²) in [6.07, 6.45) is 1.79. The quantitative estimate of drug-likeness (QED) is 0.703. The van der Waals surface area contributed by atoms with Crippen LogP contribution in [-0.4, -0.2) is 20.4 Å². The maximum absolute atomic E-state index is 6.20. The Bertz CT molecular complexity index is 686. The molecular weight excluding hydrogens is 321 g/mol. The molecule has 0 radical (unpaired) electrons. The van der Waals surface area contributed by atoms with Gasteiger partial charge in [-0.15, -0.1) is 0 Å². The maximum Gasteiger partial charge on any atom is 0.161 e. The van der Waals surface area contributed by atoms with E-state index < -0.39 is 0 Å². The molecule has 0 heterocycles. The van der Waals surface area contributed by atoms with E-state index in [0.717, 1.165) is 11.1 Å². The van der Waals surface area contributed by atoms with Gasteiger partial charge in [-0.1, -0.05) is 29.3 Å². The van der Waals surface area contributed by atoms with Crippen LogP contribution < -0.4 is 9.47 Å². The van der Waals surface area contributed by atoms with Crippen molar-refractivity contribution in [1.29, 1.82) is 0 Å². The van der Waals surface area contributed by atoms with Gasteiger partial charge in [0.25, 0.3) is 0 Å². The highest BCUT2D eigenvalue weighted by molar-refractivity contribution is 6.35. The summed E-state index contributed by atoms with van der Waals surface area (Å²) >= 11 is 12.1. The average molecular weight is 338 g/mol. The van der Waals surface area contributed by atoms with Crippen molar-refractivity contribution >= 4 is 29.4 Å². The normalized spacial score (nSPS) is 12.4. The third-order valence-electron chi connectivity index (χ3n) is 3.27. The number of halogens is 2. The van der Waals surface area contributed by atoms with Gasteiger partial charge in [0.1, 0.15) is 0 Å². The molecule has 0 saturated carbocycles. The third-order valence-corrected chi connectivity index (χ3v) is 3.83. The highest BCUT2D eigenvalue weighted by atomic mass is 35.5. The predicted octanol–water partition coefficient (Wildman–Crippen LogP) is 5.19. The Hall–Kier alpha value is -1.71. The van der Waals surface area contributed by atoms with Crippen LogP contribution in [0.25, 0.3) is 0 Å². The van der Waals surface area contributed by atoms with E-state index in [9.17, 15) is 0 Å². The molecule has 22 heavy (non-hydrogen) atoms. The fraction of sp³-hybridized carbons (Fsp3) is 0.235. The molecule has 0 aliphatic rings. The van der Waals surface area contributed by atoms with Crippen molar-refractivity contribution in [2.24, 2.45) is 4.99 Å². The highest BCUT2D eigenvalue weighted by Gasteiger charge is 2.08. The Balaban J connectivity index is 2.20. The van der Waals surface area contributed by atoms with Crippen molar-refractivity contribution in [2.45, 2.75) is 13.0 Å². The van der Waals surface area contributed by atoms with Gasteiger partial charge in [-0.3, -0.25) is 4.99 Å². The minimum Gasteiger partial charge on any atom is -0.493 e. The first-order valence-electron chi connectivity index (χ1n) is 6.75. The Labute approximate surface area is 140 Å². The second-order valence-corrected chi connectivity index (χ2v) is 5.58. The molecule has 5 heteroatoms. The van der Waals surface area contributed by atoms with Crippen LogP contribution in [0.1, 0.15) is 24.1 Å². The van der Waals surface area contributed by atoms with Crippen LogP contribution in [0.4, 0.5) is 0 Å². The van der Waals surface area contributed by atoms with Crippen LogP contribution in [0, 0.1) is 0 Å². The van der Waals surface area contributed by atoms with Crippen molar-refractivity contribution in [3.8, 4) is 11.5 Å². The van der Waals surface area contributed by atoms with Crippen LogP contribution in [-0.2, 0) is 0 Å². The van der Waals surface area contributed by atoms with Crippen molar-refractivity contribution < 1.29 is 9.47 Å². The van der Waals surface area contributed by atoms with Gasteiger partial charge in [-0.2, -0.15) is 0 Å². The molecule has 116 valence electrons. The van der Waals surface area contributed by atoms with Gasteiger partial charge < -0.3 is 9.47 Å². The molecule has 2 aromatic carbocycles. The molecule has 0 N–H and O–H groups in total. The van der Waals surface area contributed by atoms with Crippen LogP contribution in [0.5, 0.6) is 11.5 Å². The van der Waals surface area contributed by atoms with E-state index >= 15 is 0 Å². The lowest BCUT2D eigenvalue weighted by atomic mass is 10.1. The lowest BCUT2D eigenvalue weighted by Gasteiger charge is -2.10.